The molecule has 2 atom stereocenters. The summed E-state index contributed by atoms with van der Waals surface area (Å²) in [5.74, 6) is -0.0941. The predicted molar refractivity (Wildman–Crippen MR) is 69.8 cm³/mol. The van der Waals surface area contributed by atoms with Crippen LogP contribution in [0.3, 0.4) is 0 Å². The van der Waals surface area contributed by atoms with Gasteiger partial charge >= 0.3 is 0 Å². The highest BCUT2D eigenvalue weighted by molar-refractivity contribution is 6.31. The topological polar surface area (TPSA) is 20.2 Å². The maximum Gasteiger partial charge on any atom is 0.124 e. The largest absolute Gasteiger partial charge is 0.393 e. The lowest BCUT2D eigenvalue weighted by molar-refractivity contribution is 0.111. The van der Waals surface area contributed by atoms with Crippen LogP contribution in [0.25, 0.3) is 0 Å². The maximum atomic E-state index is 12.9. The number of hydrogen-bond donors (Lipinski definition) is 1. The Kier molecular flexibility index (Phi) is 5.93. The van der Waals surface area contributed by atoms with E-state index in [0.29, 0.717) is 11.4 Å². The van der Waals surface area contributed by atoms with Gasteiger partial charge in [-0.25, -0.2) is 4.39 Å². The fourth-order valence-corrected chi connectivity index (χ4v) is 2.08. The summed E-state index contributed by atoms with van der Waals surface area (Å²) in [5, 5.41) is 10.4. The monoisotopic (exact) mass is 258 g/mol. The van der Waals surface area contributed by atoms with Gasteiger partial charge < -0.3 is 5.11 Å². The summed E-state index contributed by atoms with van der Waals surface area (Å²) in [7, 11) is 0. The summed E-state index contributed by atoms with van der Waals surface area (Å²) in [6, 6.07) is 4.32. The minimum Gasteiger partial charge on any atom is -0.393 e. The van der Waals surface area contributed by atoms with E-state index in [2.05, 4.69) is 6.92 Å². The highest BCUT2D eigenvalue weighted by atomic mass is 35.5. The molecule has 1 nitrogen and oxygen atoms in total. The molecule has 0 radical (unpaired) electrons. The Hall–Kier alpha value is -0.600. The van der Waals surface area contributed by atoms with Crippen LogP contribution >= 0.6 is 11.6 Å². The average Bonchev–Trinajstić information content (AvgIpc) is 2.29. The molecule has 17 heavy (non-hydrogen) atoms. The molecule has 1 N–H and O–H groups in total. The Labute approximate surface area is 108 Å². The minimum absolute atomic E-state index is 0.246. The molecule has 0 spiro atoms. The normalized spacial score (nSPS) is 14.6. The quantitative estimate of drug-likeness (QED) is 0.810. The number of halogens is 2. The van der Waals surface area contributed by atoms with Crippen molar-refractivity contribution >= 4 is 11.6 Å². The lowest BCUT2D eigenvalue weighted by Gasteiger charge is -2.19. The van der Waals surface area contributed by atoms with Crippen LogP contribution in [0.5, 0.6) is 0 Å². The molecule has 1 aromatic carbocycles. The van der Waals surface area contributed by atoms with Gasteiger partial charge in [-0.15, -0.1) is 0 Å². The van der Waals surface area contributed by atoms with Gasteiger partial charge in [0, 0.05) is 11.4 Å². The molecule has 0 heterocycles. The van der Waals surface area contributed by atoms with Crippen molar-refractivity contribution in [2.24, 2.45) is 5.92 Å². The second-order valence-corrected chi connectivity index (χ2v) is 5.03. The molecule has 0 aliphatic carbocycles. The van der Waals surface area contributed by atoms with E-state index in [1.165, 1.54) is 12.1 Å². The molecule has 1 aromatic rings. The molecular formula is C14H20ClFO. The van der Waals surface area contributed by atoms with E-state index >= 15 is 0 Å². The van der Waals surface area contributed by atoms with E-state index in [1.807, 2.05) is 6.92 Å². The Morgan fingerprint density at radius 1 is 1.41 bits per heavy atom. The Morgan fingerprint density at radius 2 is 2.12 bits per heavy atom. The van der Waals surface area contributed by atoms with Crippen molar-refractivity contribution in [3.8, 4) is 0 Å². The van der Waals surface area contributed by atoms with Gasteiger partial charge in [0.25, 0.3) is 0 Å². The third-order valence-corrected chi connectivity index (χ3v) is 3.47. The van der Waals surface area contributed by atoms with E-state index in [-0.39, 0.29) is 11.7 Å². The van der Waals surface area contributed by atoms with Crippen molar-refractivity contribution in [3.05, 3.63) is 34.6 Å². The van der Waals surface area contributed by atoms with Gasteiger partial charge in [0.15, 0.2) is 0 Å². The highest BCUT2D eigenvalue weighted by Crippen LogP contribution is 2.22. The van der Waals surface area contributed by atoms with E-state index in [0.717, 1.165) is 24.8 Å². The predicted octanol–water partition coefficient (Wildman–Crippen LogP) is 4.21. The van der Waals surface area contributed by atoms with Crippen molar-refractivity contribution in [1.82, 2.24) is 0 Å². The van der Waals surface area contributed by atoms with Gasteiger partial charge in [-0.05, 0) is 30.0 Å². The zero-order valence-corrected chi connectivity index (χ0v) is 11.2. The molecule has 0 aliphatic heterocycles. The van der Waals surface area contributed by atoms with Crippen LogP contribution in [-0.2, 0) is 6.42 Å². The maximum absolute atomic E-state index is 12.9. The first-order valence-corrected chi connectivity index (χ1v) is 6.54. The van der Waals surface area contributed by atoms with Crippen LogP contribution in [0.4, 0.5) is 4.39 Å². The summed E-state index contributed by atoms with van der Waals surface area (Å²) in [5.41, 5.74) is 0.809. The minimum atomic E-state index is -0.412. The standard InChI is InChI=1S/C14H20ClFO/c1-3-4-5-10(2)14(17)8-11-6-7-12(16)9-13(11)15/h6-7,9-10,14,17H,3-5,8H2,1-2H3. The summed E-state index contributed by atoms with van der Waals surface area (Å²) in [6.45, 7) is 4.17. The van der Waals surface area contributed by atoms with Crippen molar-refractivity contribution in [2.45, 2.75) is 45.6 Å². The lowest BCUT2D eigenvalue weighted by atomic mass is 9.93. The number of unbranched alkanes of at least 4 members (excludes halogenated alkanes) is 1. The Morgan fingerprint density at radius 3 is 2.71 bits per heavy atom. The van der Waals surface area contributed by atoms with Gasteiger partial charge in [0.2, 0.25) is 0 Å². The molecule has 0 aliphatic rings. The number of aliphatic hydroxyl groups is 1. The molecule has 0 fully saturated rings. The third kappa shape index (κ3) is 4.64. The zero-order chi connectivity index (χ0) is 12.8. The van der Waals surface area contributed by atoms with Gasteiger partial charge in [-0.1, -0.05) is 44.4 Å². The van der Waals surface area contributed by atoms with Crippen LogP contribution in [-0.4, -0.2) is 11.2 Å². The molecule has 2 unspecified atom stereocenters. The first-order valence-electron chi connectivity index (χ1n) is 6.16. The van der Waals surface area contributed by atoms with Crippen molar-refractivity contribution in [2.75, 3.05) is 0 Å². The second kappa shape index (κ2) is 6.97. The summed E-state index contributed by atoms with van der Waals surface area (Å²) in [4.78, 5) is 0. The van der Waals surface area contributed by atoms with E-state index in [1.54, 1.807) is 6.07 Å². The van der Waals surface area contributed by atoms with Crippen LogP contribution in [0, 0.1) is 11.7 Å². The number of aliphatic hydroxyl groups excluding tert-OH is 1. The molecule has 0 saturated carbocycles. The molecule has 3 heteroatoms. The molecule has 0 bridgehead atoms. The zero-order valence-electron chi connectivity index (χ0n) is 10.4. The molecule has 0 aromatic heterocycles. The van der Waals surface area contributed by atoms with Crippen molar-refractivity contribution < 1.29 is 9.50 Å². The molecule has 96 valence electrons. The second-order valence-electron chi connectivity index (χ2n) is 4.63. The lowest BCUT2D eigenvalue weighted by Crippen LogP contribution is -2.20. The van der Waals surface area contributed by atoms with Crippen LogP contribution in [0.15, 0.2) is 18.2 Å². The fraction of sp³-hybridized carbons (Fsp3) is 0.571. The van der Waals surface area contributed by atoms with Gasteiger partial charge in [0.05, 0.1) is 6.10 Å². The van der Waals surface area contributed by atoms with E-state index in [9.17, 15) is 9.50 Å². The Balaban J connectivity index is 2.58. The number of hydrogen-bond acceptors (Lipinski definition) is 1. The fourth-order valence-electron chi connectivity index (χ4n) is 1.83. The van der Waals surface area contributed by atoms with Gasteiger partial charge in [-0.2, -0.15) is 0 Å². The summed E-state index contributed by atoms with van der Waals surface area (Å²) < 4.78 is 12.9. The van der Waals surface area contributed by atoms with E-state index in [4.69, 9.17) is 11.6 Å². The third-order valence-electron chi connectivity index (χ3n) is 3.11. The number of rotatable bonds is 6. The first-order chi connectivity index (χ1) is 8.04. The van der Waals surface area contributed by atoms with Crippen LogP contribution < -0.4 is 0 Å². The number of benzene rings is 1. The van der Waals surface area contributed by atoms with Crippen LogP contribution in [0.1, 0.15) is 38.7 Å². The molecule has 0 saturated heterocycles. The molecule has 0 amide bonds. The van der Waals surface area contributed by atoms with Gasteiger partial charge in [-0.3, -0.25) is 0 Å². The molecule has 1 rings (SSSR count). The van der Waals surface area contributed by atoms with Crippen molar-refractivity contribution in [1.29, 1.82) is 0 Å². The summed E-state index contributed by atoms with van der Waals surface area (Å²) >= 11 is 5.93. The van der Waals surface area contributed by atoms with Crippen LogP contribution in [0.2, 0.25) is 5.02 Å². The Bertz CT molecular complexity index is 354. The van der Waals surface area contributed by atoms with E-state index < -0.39 is 6.10 Å². The SMILES string of the molecule is CCCCC(C)C(O)Cc1ccc(F)cc1Cl. The van der Waals surface area contributed by atoms with Gasteiger partial charge in [0.1, 0.15) is 5.82 Å². The summed E-state index contributed by atoms with van der Waals surface area (Å²) in [6.07, 6.45) is 3.34. The average molecular weight is 259 g/mol. The molecular weight excluding hydrogens is 239 g/mol. The van der Waals surface area contributed by atoms with Crippen molar-refractivity contribution in [3.63, 3.8) is 0 Å². The smallest absolute Gasteiger partial charge is 0.124 e. The first kappa shape index (κ1) is 14.5. The highest BCUT2D eigenvalue weighted by Gasteiger charge is 2.15.